The van der Waals surface area contributed by atoms with Crippen molar-refractivity contribution >= 4 is 0 Å². The Balaban J connectivity index is 3.69. The molecule has 2 heteroatoms. The number of ether oxygens (including phenoxy) is 2. The minimum absolute atomic E-state index is 0.324. The predicted octanol–water partition coefficient (Wildman–Crippen LogP) is 1.72. The molecule has 0 radical (unpaired) electrons. The van der Waals surface area contributed by atoms with Crippen LogP contribution in [0.3, 0.4) is 0 Å². The van der Waals surface area contributed by atoms with Gasteiger partial charge in [-0.15, -0.1) is 0 Å². The van der Waals surface area contributed by atoms with Crippen LogP contribution < -0.4 is 0 Å². The topological polar surface area (TPSA) is 18.5 Å². The van der Waals surface area contributed by atoms with Crippen LogP contribution in [0.5, 0.6) is 0 Å². The molecule has 0 spiro atoms. The van der Waals surface area contributed by atoms with Crippen LogP contribution in [-0.2, 0) is 9.47 Å². The van der Waals surface area contributed by atoms with Crippen molar-refractivity contribution in [2.75, 3.05) is 0 Å². The Morgan fingerprint density at radius 2 is 1.55 bits per heavy atom. The first-order valence-corrected chi connectivity index (χ1v) is 3.50. The van der Waals surface area contributed by atoms with E-state index in [1.54, 1.807) is 13.8 Å². The summed E-state index contributed by atoms with van der Waals surface area (Å²) in [4.78, 5) is 0. The molecule has 0 saturated heterocycles. The van der Waals surface area contributed by atoms with Gasteiger partial charge in [-0.3, -0.25) is 0 Å². The summed E-state index contributed by atoms with van der Waals surface area (Å²) in [7, 11) is 0. The lowest BCUT2D eigenvalue weighted by Crippen LogP contribution is -2.09. The summed E-state index contributed by atoms with van der Waals surface area (Å²) in [6, 6.07) is 0. The largest absolute Gasteiger partial charge is 0.404 e. The Morgan fingerprint density at radius 1 is 1.09 bits per heavy atom. The van der Waals surface area contributed by atoms with Gasteiger partial charge in [0, 0.05) is 20.3 Å². The molecule has 0 bridgehead atoms. The highest BCUT2D eigenvalue weighted by molar-refractivity contribution is 4.88. The molecule has 0 aliphatic heterocycles. The van der Waals surface area contributed by atoms with Crippen LogP contribution in [-0.4, -0.2) is 6.29 Å². The average Bonchev–Trinajstić information content (AvgIpc) is 2.05. The van der Waals surface area contributed by atoms with E-state index in [0.717, 1.165) is 6.42 Å². The molecule has 0 rings (SSSR count). The zero-order valence-electron chi connectivity index (χ0n) is 7.10. The summed E-state index contributed by atoms with van der Waals surface area (Å²) in [5.74, 6) is 5.22. The van der Waals surface area contributed by atoms with Crippen molar-refractivity contribution in [3.05, 3.63) is 0 Å². The SMILES string of the molecule is CC#COC(CC)OC#CC. The third-order valence-corrected chi connectivity index (χ3v) is 0.918. The Bertz CT molecular complexity index is 177. The lowest BCUT2D eigenvalue weighted by atomic mass is 10.5. The fourth-order valence-electron chi connectivity index (χ4n) is 0.440. The summed E-state index contributed by atoms with van der Waals surface area (Å²) >= 11 is 0. The summed E-state index contributed by atoms with van der Waals surface area (Å²) in [6.07, 6.45) is 5.35. The van der Waals surface area contributed by atoms with Crippen LogP contribution in [0.15, 0.2) is 0 Å². The van der Waals surface area contributed by atoms with E-state index < -0.39 is 0 Å². The van der Waals surface area contributed by atoms with Crippen LogP contribution >= 0.6 is 0 Å². The van der Waals surface area contributed by atoms with Gasteiger partial charge in [0.2, 0.25) is 0 Å². The molecule has 0 unspecified atom stereocenters. The molecule has 0 aliphatic carbocycles. The Kier molecular flexibility index (Phi) is 6.04. The molecular weight excluding hydrogens is 140 g/mol. The van der Waals surface area contributed by atoms with E-state index in [-0.39, 0.29) is 6.29 Å². The molecule has 60 valence electrons. The first-order valence-electron chi connectivity index (χ1n) is 3.50. The maximum absolute atomic E-state index is 4.96. The number of hydrogen-bond donors (Lipinski definition) is 0. The molecule has 0 N–H and O–H groups in total. The highest BCUT2D eigenvalue weighted by Gasteiger charge is 2.02. The first kappa shape index (κ1) is 9.72. The summed E-state index contributed by atoms with van der Waals surface area (Å²) < 4.78 is 9.91. The minimum Gasteiger partial charge on any atom is -0.404 e. The predicted molar refractivity (Wildman–Crippen MR) is 43.1 cm³/mol. The van der Waals surface area contributed by atoms with Crippen LogP contribution in [0.2, 0.25) is 0 Å². The van der Waals surface area contributed by atoms with E-state index in [0.29, 0.717) is 0 Å². The lowest BCUT2D eigenvalue weighted by molar-refractivity contribution is -0.0411. The molecule has 0 saturated carbocycles. The normalized spacial score (nSPS) is 7.27. The standard InChI is InChI=1S/C9H12O2/c1-4-7-10-9(6-3)11-8-5-2/h9H,6H2,1-3H3. The van der Waals surface area contributed by atoms with Crippen LogP contribution in [0.25, 0.3) is 0 Å². The Hall–Kier alpha value is -1.28. The third-order valence-electron chi connectivity index (χ3n) is 0.918. The van der Waals surface area contributed by atoms with Gasteiger partial charge < -0.3 is 9.47 Å². The van der Waals surface area contributed by atoms with Crippen LogP contribution in [0.1, 0.15) is 27.2 Å². The van der Waals surface area contributed by atoms with Gasteiger partial charge in [0.1, 0.15) is 12.2 Å². The molecule has 0 heterocycles. The molecule has 0 fully saturated rings. The fourth-order valence-corrected chi connectivity index (χ4v) is 0.440. The van der Waals surface area contributed by atoms with Gasteiger partial charge in [-0.25, -0.2) is 0 Å². The quantitative estimate of drug-likeness (QED) is 0.453. The van der Waals surface area contributed by atoms with Gasteiger partial charge in [-0.05, 0) is 0 Å². The highest BCUT2D eigenvalue weighted by atomic mass is 16.7. The van der Waals surface area contributed by atoms with Gasteiger partial charge in [-0.2, -0.15) is 0 Å². The van der Waals surface area contributed by atoms with Crippen molar-refractivity contribution in [1.82, 2.24) is 0 Å². The molecule has 11 heavy (non-hydrogen) atoms. The smallest absolute Gasteiger partial charge is 0.261 e. The maximum Gasteiger partial charge on any atom is 0.261 e. The van der Waals surface area contributed by atoms with Crippen LogP contribution in [0.4, 0.5) is 0 Å². The van der Waals surface area contributed by atoms with Crippen molar-refractivity contribution in [3.63, 3.8) is 0 Å². The molecule has 0 aliphatic rings. The second-order valence-corrected chi connectivity index (χ2v) is 1.78. The van der Waals surface area contributed by atoms with Crippen molar-refractivity contribution in [2.45, 2.75) is 33.5 Å². The lowest BCUT2D eigenvalue weighted by Gasteiger charge is -2.08. The van der Waals surface area contributed by atoms with Gasteiger partial charge in [-0.1, -0.05) is 18.8 Å². The Morgan fingerprint density at radius 3 is 1.82 bits per heavy atom. The van der Waals surface area contributed by atoms with Crippen molar-refractivity contribution in [3.8, 4) is 24.1 Å². The summed E-state index contributed by atoms with van der Waals surface area (Å²) in [6.45, 7) is 5.36. The molecule has 0 aromatic rings. The molecule has 2 nitrogen and oxygen atoms in total. The monoisotopic (exact) mass is 152 g/mol. The molecular formula is C9H12O2. The molecule has 0 amide bonds. The van der Waals surface area contributed by atoms with E-state index in [4.69, 9.17) is 9.47 Å². The fraction of sp³-hybridized carbons (Fsp3) is 0.556. The van der Waals surface area contributed by atoms with E-state index in [9.17, 15) is 0 Å². The number of hydrogen-bond acceptors (Lipinski definition) is 2. The maximum atomic E-state index is 4.96. The minimum atomic E-state index is -0.324. The van der Waals surface area contributed by atoms with Crippen LogP contribution in [0, 0.1) is 24.1 Å². The zero-order valence-corrected chi connectivity index (χ0v) is 7.10. The van der Waals surface area contributed by atoms with Gasteiger partial charge in [0.25, 0.3) is 6.29 Å². The third kappa shape index (κ3) is 5.18. The second kappa shape index (κ2) is 6.83. The van der Waals surface area contributed by atoms with E-state index in [1.165, 1.54) is 0 Å². The summed E-state index contributed by atoms with van der Waals surface area (Å²) in [5.41, 5.74) is 0. The van der Waals surface area contributed by atoms with E-state index in [1.807, 2.05) is 6.92 Å². The van der Waals surface area contributed by atoms with E-state index in [2.05, 4.69) is 24.1 Å². The van der Waals surface area contributed by atoms with Crippen molar-refractivity contribution in [2.24, 2.45) is 0 Å². The van der Waals surface area contributed by atoms with E-state index >= 15 is 0 Å². The van der Waals surface area contributed by atoms with Gasteiger partial charge >= 0.3 is 0 Å². The second-order valence-electron chi connectivity index (χ2n) is 1.78. The summed E-state index contributed by atoms with van der Waals surface area (Å²) in [5, 5.41) is 0. The van der Waals surface area contributed by atoms with Gasteiger partial charge in [0.15, 0.2) is 0 Å². The van der Waals surface area contributed by atoms with Crippen molar-refractivity contribution in [1.29, 1.82) is 0 Å². The highest BCUT2D eigenvalue weighted by Crippen LogP contribution is 1.97. The number of rotatable bonds is 3. The first-order chi connectivity index (χ1) is 5.35. The zero-order chi connectivity index (χ0) is 8.53. The Labute approximate surface area is 67.9 Å². The van der Waals surface area contributed by atoms with Gasteiger partial charge in [0.05, 0.1) is 0 Å². The molecule has 0 atom stereocenters. The molecule has 0 aromatic heterocycles. The van der Waals surface area contributed by atoms with Crippen molar-refractivity contribution < 1.29 is 9.47 Å². The average molecular weight is 152 g/mol. The molecule has 0 aromatic carbocycles.